The van der Waals surface area contributed by atoms with Crippen molar-refractivity contribution in [1.29, 1.82) is 0 Å². The van der Waals surface area contributed by atoms with Crippen molar-refractivity contribution < 1.29 is 31.4 Å². The minimum atomic E-state index is -5.78. The molecule has 0 aliphatic heterocycles. The summed E-state index contributed by atoms with van der Waals surface area (Å²) in [5.41, 5.74) is -4.97. The first-order valence-electron chi connectivity index (χ1n) is 4.48. The van der Waals surface area contributed by atoms with Crippen LogP contribution in [0.5, 0.6) is 0 Å². The van der Waals surface area contributed by atoms with Gasteiger partial charge in [0.2, 0.25) is 0 Å². The summed E-state index contributed by atoms with van der Waals surface area (Å²) in [6, 6.07) is 6.21. The maximum atomic E-state index is 12.3. The van der Waals surface area contributed by atoms with Crippen LogP contribution in [-0.2, 0) is 6.42 Å². The third-order valence-corrected chi connectivity index (χ3v) is 2.24. The van der Waals surface area contributed by atoms with E-state index in [1.807, 2.05) is 0 Å². The van der Waals surface area contributed by atoms with Gasteiger partial charge in [-0.05, 0) is 5.56 Å². The molecule has 17 heavy (non-hydrogen) atoms. The summed E-state index contributed by atoms with van der Waals surface area (Å²) in [6.45, 7) is 0. The maximum Gasteiger partial charge on any atom is 0.426 e. The first-order chi connectivity index (χ1) is 7.58. The van der Waals surface area contributed by atoms with Crippen molar-refractivity contribution in [3.63, 3.8) is 0 Å². The fourth-order valence-corrected chi connectivity index (χ4v) is 1.25. The van der Waals surface area contributed by atoms with Gasteiger partial charge in [-0.3, -0.25) is 0 Å². The van der Waals surface area contributed by atoms with Crippen LogP contribution < -0.4 is 0 Å². The summed E-state index contributed by atoms with van der Waals surface area (Å²) in [6.07, 6.45) is -13.1. The second kappa shape index (κ2) is 4.21. The number of rotatable bonds is 2. The minimum absolute atomic E-state index is 0.246. The molecule has 1 aromatic carbocycles. The highest BCUT2D eigenvalue weighted by atomic mass is 19.4. The van der Waals surface area contributed by atoms with Crippen LogP contribution in [0.15, 0.2) is 30.3 Å². The van der Waals surface area contributed by atoms with Gasteiger partial charge in [-0.25, -0.2) is 0 Å². The number of alkyl halides is 6. The molecule has 0 amide bonds. The van der Waals surface area contributed by atoms with Crippen LogP contribution in [0.25, 0.3) is 0 Å². The van der Waals surface area contributed by atoms with E-state index in [1.165, 1.54) is 18.2 Å². The monoisotopic (exact) mass is 258 g/mol. The molecule has 0 radical (unpaired) electrons. The second-order valence-electron chi connectivity index (χ2n) is 3.52. The van der Waals surface area contributed by atoms with Crippen LogP contribution in [-0.4, -0.2) is 23.1 Å². The topological polar surface area (TPSA) is 20.2 Å². The predicted molar refractivity (Wildman–Crippen MR) is 47.2 cm³/mol. The summed E-state index contributed by atoms with van der Waals surface area (Å²) in [4.78, 5) is 0. The molecule has 0 aliphatic rings. The zero-order chi connectivity index (χ0) is 13.3. The molecule has 1 aromatic rings. The van der Waals surface area contributed by atoms with E-state index in [-0.39, 0.29) is 5.56 Å². The lowest BCUT2D eigenvalue weighted by Crippen LogP contribution is -2.58. The lowest BCUT2D eigenvalue weighted by atomic mass is 9.93. The highest BCUT2D eigenvalue weighted by Gasteiger charge is 2.69. The van der Waals surface area contributed by atoms with E-state index in [1.54, 1.807) is 0 Å². The Balaban J connectivity index is 3.11. The van der Waals surface area contributed by atoms with Gasteiger partial charge in [0.1, 0.15) is 0 Å². The SMILES string of the molecule is OC(Cc1ccccc1)(C(F)(F)F)C(F)(F)F. The Morgan fingerprint density at radius 1 is 0.824 bits per heavy atom. The number of aliphatic hydroxyl groups is 1. The number of hydrogen-bond donors (Lipinski definition) is 1. The summed E-state index contributed by atoms with van der Waals surface area (Å²) in [7, 11) is 0. The van der Waals surface area contributed by atoms with Crippen LogP contribution in [0.3, 0.4) is 0 Å². The number of benzene rings is 1. The predicted octanol–water partition coefficient (Wildman–Crippen LogP) is 3.08. The van der Waals surface area contributed by atoms with Gasteiger partial charge >= 0.3 is 12.4 Å². The summed E-state index contributed by atoms with van der Waals surface area (Å²) in [5.74, 6) is 0. The van der Waals surface area contributed by atoms with Crippen molar-refractivity contribution in [2.45, 2.75) is 24.4 Å². The molecule has 0 unspecified atom stereocenters. The molecule has 7 heteroatoms. The van der Waals surface area contributed by atoms with Crippen molar-refractivity contribution >= 4 is 0 Å². The van der Waals surface area contributed by atoms with Crippen molar-refractivity contribution in [2.24, 2.45) is 0 Å². The molecule has 1 rings (SSSR count). The zero-order valence-electron chi connectivity index (χ0n) is 8.31. The van der Waals surface area contributed by atoms with Crippen molar-refractivity contribution in [3.05, 3.63) is 35.9 Å². The Labute approximate surface area is 92.7 Å². The molecule has 0 saturated carbocycles. The van der Waals surface area contributed by atoms with Gasteiger partial charge in [-0.15, -0.1) is 0 Å². The molecule has 96 valence electrons. The Kier molecular flexibility index (Phi) is 3.42. The third-order valence-electron chi connectivity index (χ3n) is 2.24. The number of hydrogen-bond acceptors (Lipinski definition) is 1. The highest BCUT2D eigenvalue weighted by Crippen LogP contribution is 2.44. The first-order valence-corrected chi connectivity index (χ1v) is 4.48. The van der Waals surface area contributed by atoms with E-state index >= 15 is 0 Å². The lowest BCUT2D eigenvalue weighted by molar-refractivity contribution is -0.367. The lowest BCUT2D eigenvalue weighted by Gasteiger charge is -2.32. The van der Waals surface area contributed by atoms with Crippen LogP contribution in [0.2, 0.25) is 0 Å². The molecule has 0 heterocycles. The number of halogens is 6. The van der Waals surface area contributed by atoms with E-state index in [2.05, 4.69) is 0 Å². The fourth-order valence-electron chi connectivity index (χ4n) is 1.25. The molecular weight excluding hydrogens is 250 g/mol. The van der Waals surface area contributed by atoms with E-state index in [9.17, 15) is 26.3 Å². The van der Waals surface area contributed by atoms with Crippen LogP contribution >= 0.6 is 0 Å². The summed E-state index contributed by atoms with van der Waals surface area (Å²) in [5, 5.41) is 8.89. The smallest absolute Gasteiger partial charge is 0.373 e. The molecular formula is C10H8F6O. The Bertz CT molecular complexity index is 353. The zero-order valence-corrected chi connectivity index (χ0v) is 8.31. The Hall–Kier alpha value is -1.24. The van der Waals surface area contributed by atoms with Gasteiger partial charge < -0.3 is 5.11 Å². The van der Waals surface area contributed by atoms with E-state index < -0.39 is 24.4 Å². The molecule has 0 atom stereocenters. The average molecular weight is 258 g/mol. The Morgan fingerprint density at radius 3 is 1.59 bits per heavy atom. The average Bonchev–Trinajstić information content (AvgIpc) is 2.15. The van der Waals surface area contributed by atoms with Crippen molar-refractivity contribution in [2.75, 3.05) is 0 Å². The van der Waals surface area contributed by atoms with Gasteiger partial charge in [-0.1, -0.05) is 30.3 Å². The molecule has 0 aromatic heterocycles. The quantitative estimate of drug-likeness (QED) is 0.808. The van der Waals surface area contributed by atoms with Gasteiger partial charge in [0.15, 0.2) is 0 Å². The molecule has 0 bridgehead atoms. The second-order valence-corrected chi connectivity index (χ2v) is 3.52. The first kappa shape index (κ1) is 13.8. The van der Waals surface area contributed by atoms with E-state index in [0.29, 0.717) is 0 Å². The van der Waals surface area contributed by atoms with Gasteiger partial charge in [0, 0.05) is 6.42 Å². The summed E-state index contributed by atoms with van der Waals surface area (Å²) >= 11 is 0. The standard InChI is InChI=1S/C10H8F6O/c11-9(12,13)8(17,10(14,15)16)6-7-4-2-1-3-5-7/h1-5,17H,6H2. The molecule has 0 fully saturated rings. The highest BCUT2D eigenvalue weighted by molar-refractivity contribution is 5.19. The molecule has 0 aliphatic carbocycles. The van der Waals surface area contributed by atoms with Gasteiger partial charge in [0.25, 0.3) is 5.60 Å². The third kappa shape index (κ3) is 2.71. The molecule has 0 spiro atoms. The molecule has 0 saturated heterocycles. The maximum absolute atomic E-state index is 12.3. The molecule has 1 N–H and O–H groups in total. The Morgan fingerprint density at radius 2 is 1.24 bits per heavy atom. The van der Waals surface area contributed by atoms with Crippen molar-refractivity contribution in [1.82, 2.24) is 0 Å². The minimum Gasteiger partial charge on any atom is -0.373 e. The van der Waals surface area contributed by atoms with Gasteiger partial charge in [0.05, 0.1) is 0 Å². The van der Waals surface area contributed by atoms with Crippen LogP contribution in [0.1, 0.15) is 5.56 Å². The van der Waals surface area contributed by atoms with Gasteiger partial charge in [-0.2, -0.15) is 26.3 Å². The van der Waals surface area contributed by atoms with Crippen LogP contribution in [0, 0.1) is 0 Å². The summed E-state index contributed by atoms with van der Waals surface area (Å²) < 4.78 is 73.9. The fraction of sp³-hybridized carbons (Fsp3) is 0.400. The largest absolute Gasteiger partial charge is 0.426 e. The van der Waals surface area contributed by atoms with E-state index in [4.69, 9.17) is 5.11 Å². The molecule has 1 nitrogen and oxygen atoms in total. The van der Waals surface area contributed by atoms with Crippen molar-refractivity contribution in [3.8, 4) is 0 Å². The normalized spacial score (nSPS) is 13.8. The van der Waals surface area contributed by atoms with Crippen LogP contribution in [0.4, 0.5) is 26.3 Å². The van der Waals surface area contributed by atoms with E-state index in [0.717, 1.165) is 12.1 Å².